The van der Waals surface area contributed by atoms with Crippen molar-refractivity contribution in [1.82, 2.24) is 0 Å². The summed E-state index contributed by atoms with van der Waals surface area (Å²) in [5.41, 5.74) is 5.93. The lowest BCUT2D eigenvalue weighted by Gasteiger charge is -2.10. The van der Waals surface area contributed by atoms with Crippen LogP contribution in [-0.2, 0) is 0 Å². The lowest BCUT2D eigenvalue weighted by molar-refractivity contribution is 0.187. The Morgan fingerprint density at radius 3 is 2.77 bits per heavy atom. The molecule has 1 rings (SSSR count). The SMILES string of the molecule is COc1ccc([C@@H](O)CN)c(Cl)c1. The second kappa shape index (κ2) is 4.46. The average Bonchev–Trinajstić information content (AvgIpc) is 2.16. The number of halogens is 1. The highest BCUT2D eigenvalue weighted by Gasteiger charge is 2.09. The van der Waals surface area contributed by atoms with Crippen molar-refractivity contribution in [2.75, 3.05) is 13.7 Å². The molecular formula is C9H12ClNO2. The fraction of sp³-hybridized carbons (Fsp3) is 0.333. The third-order valence-electron chi connectivity index (χ3n) is 1.79. The topological polar surface area (TPSA) is 55.5 Å². The number of hydrogen-bond donors (Lipinski definition) is 2. The Morgan fingerprint density at radius 2 is 2.31 bits per heavy atom. The molecule has 0 heterocycles. The molecule has 1 aromatic rings. The van der Waals surface area contributed by atoms with Crippen LogP contribution in [0.3, 0.4) is 0 Å². The van der Waals surface area contributed by atoms with Gasteiger partial charge in [-0.2, -0.15) is 0 Å². The summed E-state index contributed by atoms with van der Waals surface area (Å²) in [5.74, 6) is 0.665. The molecule has 4 heteroatoms. The summed E-state index contributed by atoms with van der Waals surface area (Å²) in [6.45, 7) is 0.159. The number of rotatable bonds is 3. The summed E-state index contributed by atoms with van der Waals surface area (Å²) in [6, 6.07) is 5.09. The minimum atomic E-state index is -0.710. The Labute approximate surface area is 82.1 Å². The van der Waals surface area contributed by atoms with Crippen LogP contribution in [0.15, 0.2) is 18.2 Å². The van der Waals surface area contributed by atoms with Crippen molar-refractivity contribution in [1.29, 1.82) is 0 Å². The third-order valence-corrected chi connectivity index (χ3v) is 2.12. The molecule has 3 N–H and O–H groups in total. The fourth-order valence-electron chi connectivity index (χ4n) is 1.03. The van der Waals surface area contributed by atoms with Crippen LogP contribution in [-0.4, -0.2) is 18.8 Å². The van der Waals surface area contributed by atoms with Gasteiger partial charge >= 0.3 is 0 Å². The summed E-state index contributed by atoms with van der Waals surface area (Å²) in [4.78, 5) is 0. The first kappa shape index (κ1) is 10.3. The van der Waals surface area contributed by atoms with E-state index < -0.39 is 6.10 Å². The predicted octanol–water partition coefficient (Wildman–Crippen LogP) is 1.34. The smallest absolute Gasteiger partial charge is 0.120 e. The van der Waals surface area contributed by atoms with Crippen LogP contribution in [0.4, 0.5) is 0 Å². The Balaban J connectivity index is 2.98. The molecule has 0 saturated heterocycles. The van der Waals surface area contributed by atoms with E-state index in [0.717, 1.165) is 0 Å². The molecule has 0 aliphatic carbocycles. The Morgan fingerprint density at radius 1 is 1.62 bits per heavy atom. The zero-order valence-electron chi connectivity index (χ0n) is 7.33. The molecule has 0 saturated carbocycles. The van der Waals surface area contributed by atoms with E-state index in [-0.39, 0.29) is 6.54 Å². The Kier molecular flexibility index (Phi) is 3.54. The summed E-state index contributed by atoms with van der Waals surface area (Å²) in [6.07, 6.45) is -0.710. The number of benzene rings is 1. The van der Waals surface area contributed by atoms with Crippen molar-refractivity contribution >= 4 is 11.6 Å². The van der Waals surface area contributed by atoms with E-state index in [4.69, 9.17) is 22.1 Å². The summed E-state index contributed by atoms with van der Waals surface area (Å²) in [7, 11) is 1.56. The van der Waals surface area contributed by atoms with Crippen molar-refractivity contribution in [3.8, 4) is 5.75 Å². The monoisotopic (exact) mass is 201 g/mol. The van der Waals surface area contributed by atoms with Gasteiger partial charge in [-0.1, -0.05) is 17.7 Å². The van der Waals surface area contributed by atoms with Gasteiger partial charge in [-0.05, 0) is 12.1 Å². The molecule has 13 heavy (non-hydrogen) atoms. The minimum absolute atomic E-state index is 0.159. The van der Waals surface area contributed by atoms with Crippen LogP contribution >= 0.6 is 11.6 Å². The highest BCUT2D eigenvalue weighted by Crippen LogP contribution is 2.26. The largest absolute Gasteiger partial charge is 0.497 e. The number of hydrogen-bond acceptors (Lipinski definition) is 3. The normalized spacial score (nSPS) is 12.6. The van der Waals surface area contributed by atoms with E-state index in [1.165, 1.54) is 0 Å². The van der Waals surface area contributed by atoms with Crippen LogP contribution in [0.1, 0.15) is 11.7 Å². The number of aliphatic hydroxyl groups is 1. The molecule has 0 spiro atoms. The number of nitrogens with two attached hydrogens (primary N) is 1. The van der Waals surface area contributed by atoms with Gasteiger partial charge in [0.15, 0.2) is 0 Å². The zero-order chi connectivity index (χ0) is 9.84. The molecule has 72 valence electrons. The number of aliphatic hydroxyl groups excluding tert-OH is 1. The highest BCUT2D eigenvalue weighted by molar-refractivity contribution is 6.31. The molecule has 0 aliphatic rings. The van der Waals surface area contributed by atoms with Crippen molar-refractivity contribution in [3.05, 3.63) is 28.8 Å². The van der Waals surface area contributed by atoms with Gasteiger partial charge in [-0.3, -0.25) is 0 Å². The van der Waals surface area contributed by atoms with E-state index in [0.29, 0.717) is 16.3 Å². The minimum Gasteiger partial charge on any atom is -0.497 e. The van der Waals surface area contributed by atoms with E-state index in [1.807, 2.05) is 0 Å². The van der Waals surface area contributed by atoms with E-state index >= 15 is 0 Å². The van der Waals surface area contributed by atoms with Gasteiger partial charge in [-0.15, -0.1) is 0 Å². The van der Waals surface area contributed by atoms with Gasteiger partial charge in [-0.25, -0.2) is 0 Å². The van der Waals surface area contributed by atoms with E-state index in [1.54, 1.807) is 25.3 Å². The lowest BCUT2D eigenvalue weighted by Crippen LogP contribution is -2.11. The van der Waals surface area contributed by atoms with Crippen molar-refractivity contribution in [2.45, 2.75) is 6.10 Å². The van der Waals surface area contributed by atoms with Crippen molar-refractivity contribution in [2.24, 2.45) is 5.73 Å². The van der Waals surface area contributed by atoms with Gasteiger partial charge in [0.1, 0.15) is 5.75 Å². The van der Waals surface area contributed by atoms with Crippen molar-refractivity contribution in [3.63, 3.8) is 0 Å². The van der Waals surface area contributed by atoms with Gasteiger partial charge in [0.05, 0.1) is 18.2 Å². The van der Waals surface area contributed by atoms with Crippen LogP contribution in [0, 0.1) is 0 Å². The predicted molar refractivity (Wildman–Crippen MR) is 52.0 cm³/mol. The molecule has 0 fully saturated rings. The molecule has 3 nitrogen and oxygen atoms in total. The lowest BCUT2D eigenvalue weighted by atomic mass is 10.1. The quantitative estimate of drug-likeness (QED) is 0.776. The second-order valence-electron chi connectivity index (χ2n) is 2.64. The summed E-state index contributed by atoms with van der Waals surface area (Å²) in [5, 5.41) is 9.89. The van der Waals surface area contributed by atoms with E-state index in [2.05, 4.69) is 0 Å². The first-order valence-electron chi connectivity index (χ1n) is 3.90. The van der Waals surface area contributed by atoms with Crippen LogP contribution < -0.4 is 10.5 Å². The maximum Gasteiger partial charge on any atom is 0.120 e. The van der Waals surface area contributed by atoms with Gasteiger partial charge in [0, 0.05) is 12.1 Å². The first-order chi connectivity index (χ1) is 6.19. The van der Waals surface area contributed by atoms with Crippen LogP contribution in [0.5, 0.6) is 5.75 Å². The molecular weight excluding hydrogens is 190 g/mol. The maximum atomic E-state index is 9.42. The molecule has 0 aromatic heterocycles. The second-order valence-corrected chi connectivity index (χ2v) is 3.05. The van der Waals surface area contributed by atoms with Crippen LogP contribution in [0.2, 0.25) is 5.02 Å². The van der Waals surface area contributed by atoms with Gasteiger partial charge in [0.25, 0.3) is 0 Å². The number of methoxy groups -OCH3 is 1. The molecule has 0 bridgehead atoms. The molecule has 1 atom stereocenters. The molecule has 0 unspecified atom stereocenters. The van der Waals surface area contributed by atoms with Gasteiger partial charge in [0.2, 0.25) is 0 Å². The summed E-state index contributed by atoms with van der Waals surface area (Å²) < 4.78 is 4.97. The summed E-state index contributed by atoms with van der Waals surface area (Å²) >= 11 is 5.89. The van der Waals surface area contributed by atoms with Gasteiger partial charge < -0.3 is 15.6 Å². The van der Waals surface area contributed by atoms with Crippen molar-refractivity contribution < 1.29 is 9.84 Å². The fourth-order valence-corrected chi connectivity index (χ4v) is 1.33. The molecule has 0 amide bonds. The first-order valence-corrected chi connectivity index (χ1v) is 4.28. The van der Waals surface area contributed by atoms with E-state index in [9.17, 15) is 5.11 Å². The Bertz CT molecular complexity index is 291. The average molecular weight is 202 g/mol. The van der Waals surface area contributed by atoms with Crippen LogP contribution in [0.25, 0.3) is 0 Å². The highest BCUT2D eigenvalue weighted by atomic mass is 35.5. The maximum absolute atomic E-state index is 9.42. The third kappa shape index (κ3) is 2.34. The number of ether oxygens (including phenoxy) is 1. The molecule has 1 aromatic carbocycles. The standard InChI is InChI=1S/C9H12ClNO2/c1-13-6-2-3-7(8(10)4-6)9(12)5-11/h2-4,9,12H,5,11H2,1H3/t9-/m0/s1. The molecule has 0 aliphatic heterocycles. The Hall–Kier alpha value is -0.770. The zero-order valence-corrected chi connectivity index (χ0v) is 8.08. The molecule has 0 radical (unpaired) electrons.